The molecule has 10 heteroatoms. The van der Waals surface area contributed by atoms with E-state index in [0.29, 0.717) is 6.42 Å². The van der Waals surface area contributed by atoms with E-state index in [2.05, 4.69) is 15.4 Å². The Bertz CT molecular complexity index is 701. The van der Waals surface area contributed by atoms with Crippen LogP contribution in [0.1, 0.15) is 19.4 Å². The van der Waals surface area contributed by atoms with E-state index in [0.717, 1.165) is 5.56 Å². The smallest absolute Gasteiger partial charge is 0.328 e. The zero-order valence-corrected chi connectivity index (χ0v) is 18.4. The molecule has 0 spiro atoms. The predicted octanol–water partition coefficient (Wildman–Crippen LogP) is 1.33. The van der Waals surface area contributed by atoms with Gasteiger partial charge in [0.1, 0.15) is 12.6 Å². The number of ether oxygens (including phenoxy) is 2. The van der Waals surface area contributed by atoms with Crippen molar-refractivity contribution in [1.82, 2.24) is 10.6 Å². The van der Waals surface area contributed by atoms with Crippen molar-refractivity contribution in [3.63, 3.8) is 0 Å². The molecule has 0 aliphatic heterocycles. The molecule has 29 heavy (non-hydrogen) atoms. The van der Waals surface area contributed by atoms with E-state index in [4.69, 9.17) is 4.74 Å². The number of benzene rings is 1. The molecule has 0 aliphatic rings. The molecular formula is C19H26N2O6S2. The number of esters is 2. The van der Waals surface area contributed by atoms with Crippen LogP contribution in [-0.2, 0) is 35.1 Å². The molecule has 1 aromatic carbocycles. The van der Waals surface area contributed by atoms with Crippen molar-refractivity contribution < 1.29 is 28.7 Å². The highest BCUT2D eigenvalue weighted by Gasteiger charge is 2.26. The van der Waals surface area contributed by atoms with Crippen LogP contribution in [0.15, 0.2) is 30.3 Å². The van der Waals surface area contributed by atoms with Crippen LogP contribution in [0.25, 0.3) is 0 Å². The summed E-state index contributed by atoms with van der Waals surface area (Å²) in [6.45, 7) is 3.14. The number of methoxy groups -OCH3 is 2. The van der Waals surface area contributed by atoms with Gasteiger partial charge >= 0.3 is 11.9 Å². The Morgan fingerprint density at radius 2 is 1.52 bits per heavy atom. The molecule has 0 heterocycles. The number of rotatable bonds is 11. The van der Waals surface area contributed by atoms with Gasteiger partial charge in [-0.2, -0.15) is 0 Å². The van der Waals surface area contributed by atoms with Gasteiger partial charge in [-0.15, -0.1) is 0 Å². The molecule has 3 atom stereocenters. The van der Waals surface area contributed by atoms with Crippen molar-refractivity contribution in [2.75, 3.05) is 20.8 Å². The van der Waals surface area contributed by atoms with Crippen LogP contribution in [0, 0.1) is 0 Å². The summed E-state index contributed by atoms with van der Waals surface area (Å²) in [4.78, 5) is 47.5. The molecule has 0 fully saturated rings. The first-order valence-corrected chi connectivity index (χ1v) is 11.1. The number of nitrogens with one attached hydrogen (secondary N) is 2. The maximum absolute atomic E-state index is 12.5. The van der Waals surface area contributed by atoms with Gasteiger partial charge in [0.2, 0.25) is 11.8 Å². The van der Waals surface area contributed by atoms with Crippen molar-refractivity contribution in [3.05, 3.63) is 35.9 Å². The van der Waals surface area contributed by atoms with Gasteiger partial charge in [0.05, 0.1) is 24.7 Å². The van der Waals surface area contributed by atoms with Crippen LogP contribution in [0.4, 0.5) is 0 Å². The zero-order valence-electron chi connectivity index (χ0n) is 16.8. The fourth-order valence-corrected chi connectivity index (χ4v) is 4.29. The monoisotopic (exact) mass is 442 g/mol. The molecule has 0 radical (unpaired) electrons. The summed E-state index contributed by atoms with van der Waals surface area (Å²) in [5, 5.41) is 4.17. The minimum atomic E-state index is -0.802. The van der Waals surface area contributed by atoms with Crippen LogP contribution in [0.3, 0.4) is 0 Å². The van der Waals surface area contributed by atoms with Crippen LogP contribution in [0.5, 0.6) is 0 Å². The lowest BCUT2D eigenvalue weighted by molar-refractivity contribution is -0.145. The topological polar surface area (TPSA) is 111 Å². The molecule has 160 valence electrons. The second-order valence-electron chi connectivity index (χ2n) is 6.04. The second-order valence-corrected chi connectivity index (χ2v) is 9.00. The number of carbonyl (C=O) groups is 4. The van der Waals surface area contributed by atoms with Crippen molar-refractivity contribution in [1.29, 1.82) is 0 Å². The minimum absolute atomic E-state index is 0.207. The lowest BCUT2D eigenvalue weighted by atomic mass is 10.1. The molecule has 1 aromatic rings. The summed E-state index contributed by atoms with van der Waals surface area (Å²) in [5.41, 5.74) is 0.897. The van der Waals surface area contributed by atoms with Gasteiger partial charge in [0.15, 0.2) is 0 Å². The largest absolute Gasteiger partial charge is 0.468 e. The zero-order chi connectivity index (χ0) is 21.8. The fourth-order valence-electron chi connectivity index (χ4n) is 2.10. The Morgan fingerprint density at radius 1 is 0.931 bits per heavy atom. The van der Waals surface area contributed by atoms with E-state index in [1.165, 1.54) is 35.8 Å². The third-order valence-electron chi connectivity index (χ3n) is 3.80. The maximum atomic E-state index is 12.5. The van der Waals surface area contributed by atoms with Gasteiger partial charge in [-0.1, -0.05) is 51.9 Å². The molecule has 0 bridgehead atoms. The molecule has 1 rings (SSSR count). The van der Waals surface area contributed by atoms with E-state index < -0.39 is 28.5 Å². The van der Waals surface area contributed by atoms with Crippen LogP contribution in [-0.4, -0.2) is 61.1 Å². The highest BCUT2D eigenvalue weighted by atomic mass is 33.1. The van der Waals surface area contributed by atoms with E-state index in [1.807, 2.05) is 30.3 Å². The lowest BCUT2D eigenvalue weighted by Crippen LogP contribution is -2.45. The van der Waals surface area contributed by atoms with E-state index in [9.17, 15) is 19.2 Å². The molecule has 3 unspecified atom stereocenters. The Morgan fingerprint density at radius 3 is 2.07 bits per heavy atom. The number of hydrogen-bond acceptors (Lipinski definition) is 8. The van der Waals surface area contributed by atoms with Gasteiger partial charge in [-0.05, 0) is 19.4 Å². The Labute approximate surface area is 178 Å². The van der Waals surface area contributed by atoms with Crippen LogP contribution < -0.4 is 10.6 Å². The normalized spacial score (nSPS) is 13.5. The first-order valence-electron chi connectivity index (χ1n) is 8.87. The average Bonchev–Trinajstić information content (AvgIpc) is 2.74. The highest BCUT2D eigenvalue weighted by molar-refractivity contribution is 8.77. The van der Waals surface area contributed by atoms with Crippen LogP contribution >= 0.6 is 21.6 Å². The molecule has 2 amide bonds. The summed E-state index contributed by atoms with van der Waals surface area (Å²) >= 11 is 0. The van der Waals surface area contributed by atoms with Crippen molar-refractivity contribution in [3.8, 4) is 0 Å². The number of amides is 2. The van der Waals surface area contributed by atoms with Gasteiger partial charge < -0.3 is 20.1 Å². The van der Waals surface area contributed by atoms with E-state index >= 15 is 0 Å². The second kappa shape index (κ2) is 13.1. The van der Waals surface area contributed by atoms with Gasteiger partial charge in [0, 0.05) is 6.42 Å². The third kappa shape index (κ3) is 9.23. The Kier molecular flexibility index (Phi) is 11.2. The maximum Gasteiger partial charge on any atom is 0.328 e. The molecule has 0 aromatic heterocycles. The predicted molar refractivity (Wildman–Crippen MR) is 113 cm³/mol. The molecular weight excluding hydrogens is 416 g/mol. The van der Waals surface area contributed by atoms with Gasteiger partial charge in [-0.3, -0.25) is 14.4 Å². The Hall–Kier alpha value is -2.20. The average molecular weight is 443 g/mol. The number of hydrogen-bond donors (Lipinski definition) is 2. The van der Waals surface area contributed by atoms with Crippen molar-refractivity contribution >= 4 is 45.3 Å². The molecule has 0 saturated heterocycles. The lowest BCUT2D eigenvalue weighted by Gasteiger charge is -2.19. The van der Waals surface area contributed by atoms with Crippen molar-refractivity contribution in [2.45, 2.75) is 36.8 Å². The first-order chi connectivity index (χ1) is 13.8. The highest BCUT2D eigenvalue weighted by Crippen LogP contribution is 2.31. The van der Waals surface area contributed by atoms with Crippen molar-refractivity contribution in [2.24, 2.45) is 0 Å². The summed E-state index contributed by atoms with van der Waals surface area (Å²) in [5.74, 6) is -1.74. The molecule has 0 aliphatic carbocycles. The minimum Gasteiger partial charge on any atom is -0.468 e. The molecule has 8 nitrogen and oxygen atoms in total. The summed E-state index contributed by atoms with van der Waals surface area (Å²) < 4.78 is 9.26. The SMILES string of the molecule is COC(=O)CNC(=O)C(C)SSC(C)C(=O)NC(Cc1ccccc1)C(=O)OC. The van der Waals surface area contributed by atoms with Gasteiger partial charge in [0.25, 0.3) is 0 Å². The van der Waals surface area contributed by atoms with E-state index in [-0.39, 0.29) is 18.4 Å². The molecule has 2 N–H and O–H groups in total. The molecule has 0 saturated carbocycles. The summed E-state index contributed by atoms with van der Waals surface area (Å²) in [6, 6.07) is 8.51. The fraction of sp³-hybridized carbons (Fsp3) is 0.474. The van der Waals surface area contributed by atoms with Crippen LogP contribution in [0.2, 0.25) is 0 Å². The quantitative estimate of drug-likeness (QED) is 0.390. The number of carbonyl (C=O) groups excluding carboxylic acids is 4. The summed E-state index contributed by atoms with van der Waals surface area (Å²) in [7, 11) is 4.92. The first kappa shape index (κ1) is 24.8. The van der Waals surface area contributed by atoms with Gasteiger partial charge in [-0.25, -0.2) is 4.79 Å². The van der Waals surface area contributed by atoms with E-state index in [1.54, 1.807) is 13.8 Å². The Balaban J connectivity index is 2.54. The summed E-state index contributed by atoms with van der Waals surface area (Å²) in [6.07, 6.45) is 0.316. The third-order valence-corrected chi connectivity index (χ3v) is 6.98. The standard InChI is InChI=1S/C19H26N2O6S2/c1-12(17(23)20-11-16(22)26-3)28-29-13(2)18(24)21-15(19(25)27-4)10-14-8-6-5-7-9-14/h5-9,12-13,15H,10-11H2,1-4H3,(H,20,23)(H,21,24).